The molecular weight excluding hydrogens is 556 g/mol. The molecule has 0 saturated heterocycles. The van der Waals surface area contributed by atoms with Gasteiger partial charge < -0.3 is 9.32 Å². The first-order chi connectivity index (χ1) is 19.9. The van der Waals surface area contributed by atoms with Crippen LogP contribution in [0.4, 0.5) is 10.8 Å². The van der Waals surface area contributed by atoms with E-state index in [-0.39, 0.29) is 22.4 Å². The van der Waals surface area contributed by atoms with E-state index >= 15 is 0 Å². The van der Waals surface area contributed by atoms with E-state index in [0.717, 1.165) is 11.1 Å². The first-order valence-corrected chi connectivity index (χ1v) is 15.1. The number of hydrogen-bond acceptors (Lipinski definition) is 8. The molecule has 0 bridgehead atoms. The lowest BCUT2D eigenvalue weighted by Crippen LogP contribution is -2.53. The zero-order valence-corrected chi connectivity index (χ0v) is 23.9. The maximum Gasteiger partial charge on any atom is 0.297 e. The van der Waals surface area contributed by atoms with Crippen LogP contribution in [0.15, 0.2) is 86.3 Å². The zero-order chi connectivity index (χ0) is 28.3. The fourth-order valence-corrected chi connectivity index (χ4v) is 7.64. The Balaban J connectivity index is 1.45. The molecule has 3 aromatic carbocycles. The van der Waals surface area contributed by atoms with Gasteiger partial charge in [0.15, 0.2) is 15.3 Å². The Bertz CT molecular complexity index is 1920. The van der Waals surface area contributed by atoms with Crippen molar-refractivity contribution in [3.05, 3.63) is 111 Å². The van der Waals surface area contributed by atoms with Crippen LogP contribution in [-0.4, -0.2) is 28.6 Å². The molecule has 0 N–H and O–H groups in total. The summed E-state index contributed by atoms with van der Waals surface area (Å²) >= 11 is 2.72. The van der Waals surface area contributed by atoms with E-state index in [9.17, 15) is 14.4 Å². The van der Waals surface area contributed by atoms with Crippen LogP contribution in [0, 0.1) is 6.92 Å². The molecule has 0 aliphatic carbocycles. The second kappa shape index (κ2) is 9.67. The molecule has 2 amide bonds. The standard InChI is InChI=1S/C31H24N4O4S2/c1-3-15-34-22-12-8-7-11-21(22)31(28(34)38)24-25(36)20-16-18(2)13-14-23(20)39-26(24)27(37)35(31)29-32-33-30(41-29)40-17-19-9-5-4-6-10-19/h4-14,16H,3,15,17H2,1-2H3. The van der Waals surface area contributed by atoms with Crippen molar-refractivity contribution < 1.29 is 14.0 Å². The monoisotopic (exact) mass is 580 g/mol. The normalized spacial score (nSPS) is 17.6. The van der Waals surface area contributed by atoms with Gasteiger partial charge in [-0.05, 0) is 37.1 Å². The number of fused-ring (bicyclic) bond motifs is 5. The Morgan fingerprint density at radius 2 is 1.76 bits per heavy atom. The number of aromatic nitrogens is 2. The molecule has 2 aliphatic heterocycles. The summed E-state index contributed by atoms with van der Waals surface area (Å²) in [4.78, 5) is 46.2. The van der Waals surface area contributed by atoms with Gasteiger partial charge in [-0.15, -0.1) is 10.2 Å². The highest BCUT2D eigenvalue weighted by molar-refractivity contribution is 8.00. The summed E-state index contributed by atoms with van der Waals surface area (Å²) in [6, 6.07) is 22.6. The van der Waals surface area contributed by atoms with E-state index in [0.29, 0.717) is 45.3 Å². The molecule has 4 heterocycles. The van der Waals surface area contributed by atoms with Crippen molar-refractivity contribution >= 4 is 56.7 Å². The third kappa shape index (κ3) is 3.70. The van der Waals surface area contributed by atoms with Gasteiger partial charge in [0.1, 0.15) is 5.58 Å². The van der Waals surface area contributed by atoms with E-state index in [1.54, 1.807) is 17.0 Å². The molecule has 0 fully saturated rings. The van der Waals surface area contributed by atoms with Gasteiger partial charge in [0, 0.05) is 17.9 Å². The Hall–Kier alpha value is -4.28. The summed E-state index contributed by atoms with van der Waals surface area (Å²) < 4.78 is 6.80. The molecule has 204 valence electrons. The lowest BCUT2D eigenvalue weighted by Gasteiger charge is -2.32. The minimum Gasteiger partial charge on any atom is -0.450 e. The number of amides is 2. The van der Waals surface area contributed by atoms with Crippen molar-refractivity contribution in [1.82, 2.24) is 10.2 Å². The predicted molar refractivity (Wildman–Crippen MR) is 160 cm³/mol. The van der Waals surface area contributed by atoms with Crippen LogP contribution in [0.1, 0.15) is 46.2 Å². The fourth-order valence-electron chi connectivity index (χ4n) is 5.79. The van der Waals surface area contributed by atoms with Gasteiger partial charge in [-0.1, -0.05) is 90.2 Å². The largest absolute Gasteiger partial charge is 0.450 e. The average Bonchev–Trinajstić information content (AvgIpc) is 3.62. The van der Waals surface area contributed by atoms with Crippen LogP contribution in [0.2, 0.25) is 0 Å². The fraction of sp³-hybridized carbons (Fsp3) is 0.194. The van der Waals surface area contributed by atoms with Gasteiger partial charge in [-0.25, -0.2) is 0 Å². The number of nitrogens with zero attached hydrogens (tertiary/aromatic N) is 4. The third-order valence-corrected chi connectivity index (χ3v) is 9.63. The Labute approximate surface area is 243 Å². The minimum atomic E-state index is -1.75. The summed E-state index contributed by atoms with van der Waals surface area (Å²) in [6.07, 6.45) is 0.696. The highest BCUT2D eigenvalue weighted by atomic mass is 32.2. The van der Waals surface area contributed by atoms with Crippen LogP contribution in [0.5, 0.6) is 0 Å². The first kappa shape index (κ1) is 25.7. The number of para-hydroxylation sites is 1. The highest BCUT2D eigenvalue weighted by Crippen LogP contribution is 2.54. The lowest BCUT2D eigenvalue weighted by atomic mass is 9.84. The number of carbonyl (C=O) groups is 2. The molecule has 7 rings (SSSR count). The Morgan fingerprint density at radius 1 is 0.976 bits per heavy atom. The second-order valence-corrected chi connectivity index (χ2v) is 12.3. The number of benzene rings is 3. The highest BCUT2D eigenvalue weighted by Gasteiger charge is 2.66. The first-order valence-electron chi connectivity index (χ1n) is 13.3. The maximum absolute atomic E-state index is 14.6. The average molecular weight is 581 g/mol. The van der Waals surface area contributed by atoms with E-state index in [4.69, 9.17) is 4.42 Å². The zero-order valence-electron chi connectivity index (χ0n) is 22.3. The molecular formula is C31H24N4O4S2. The van der Waals surface area contributed by atoms with Crippen molar-refractivity contribution in [2.24, 2.45) is 0 Å². The second-order valence-electron chi connectivity index (χ2n) is 10.1. The van der Waals surface area contributed by atoms with E-state index in [2.05, 4.69) is 10.2 Å². The van der Waals surface area contributed by atoms with Crippen molar-refractivity contribution in [1.29, 1.82) is 0 Å². The molecule has 0 saturated carbocycles. The maximum atomic E-state index is 14.6. The summed E-state index contributed by atoms with van der Waals surface area (Å²) in [5, 5.41) is 9.31. The van der Waals surface area contributed by atoms with Crippen LogP contribution in [-0.2, 0) is 16.1 Å². The smallest absolute Gasteiger partial charge is 0.297 e. The molecule has 2 aromatic heterocycles. The van der Waals surface area contributed by atoms with Gasteiger partial charge in [0.25, 0.3) is 11.8 Å². The Morgan fingerprint density at radius 3 is 2.56 bits per heavy atom. The van der Waals surface area contributed by atoms with E-state index in [1.807, 2.05) is 74.5 Å². The van der Waals surface area contributed by atoms with Gasteiger partial charge in [-0.3, -0.25) is 19.3 Å². The van der Waals surface area contributed by atoms with Crippen LogP contribution < -0.4 is 15.2 Å². The van der Waals surface area contributed by atoms with Crippen molar-refractivity contribution in [3.8, 4) is 0 Å². The molecule has 8 nitrogen and oxygen atoms in total. The summed E-state index contributed by atoms with van der Waals surface area (Å²) in [7, 11) is 0. The number of hydrogen-bond donors (Lipinski definition) is 0. The molecule has 1 unspecified atom stereocenters. The minimum absolute atomic E-state index is 0.0327. The van der Waals surface area contributed by atoms with Gasteiger partial charge in [-0.2, -0.15) is 0 Å². The number of rotatable bonds is 6. The molecule has 0 radical (unpaired) electrons. The number of carbonyl (C=O) groups excluding carboxylic acids is 2. The molecule has 5 aromatic rings. The molecule has 41 heavy (non-hydrogen) atoms. The SMILES string of the molecule is CCCN1C(=O)C2(c3ccccc31)c1c(oc3ccc(C)cc3c1=O)C(=O)N2c1nnc(SCc2ccccc2)s1. The van der Waals surface area contributed by atoms with Crippen LogP contribution in [0.25, 0.3) is 11.0 Å². The Kier molecular flexibility index (Phi) is 6.06. The molecule has 1 spiro atoms. The topological polar surface area (TPSA) is 96.6 Å². The lowest BCUT2D eigenvalue weighted by molar-refractivity contribution is -0.121. The number of thioether (sulfide) groups is 1. The van der Waals surface area contributed by atoms with Crippen molar-refractivity contribution in [3.63, 3.8) is 0 Å². The van der Waals surface area contributed by atoms with Gasteiger partial charge in [0.2, 0.25) is 10.9 Å². The summed E-state index contributed by atoms with van der Waals surface area (Å²) in [5.74, 6) is -0.426. The van der Waals surface area contributed by atoms with Gasteiger partial charge >= 0.3 is 0 Å². The third-order valence-electron chi connectivity index (χ3n) is 7.52. The predicted octanol–water partition coefficient (Wildman–Crippen LogP) is 5.91. The summed E-state index contributed by atoms with van der Waals surface area (Å²) in [6.45, 7) is 4.30. The van der Waals surface area contributed by atoms with Crippen LogP contribution >= 0.6 is 23.1 Å². The van der Waals surface area contributed by atoms with Crippen molar-refractivity contribution in [2.75, 3.05) is 16.3 Å². The van der Waals surface area contributed by atoms with E-state index in [1.165, 1.54) is 28.0 Å². The van der Waals surface area contributed by atoms with Gasteiger partial charge in [0.05, 0.1) is 16.6 Å². The van der Waals surface area contributed by atoms with E-state index < -0.39 is 16.9 Å². The van der Waals surface area contributed by atoms with Crippen molar-refractivity contribution in [2.45, 2.75) is 35.9 Å². The molecule has 2 aliphatic rings. The van der Waals surface area contributed by atoms with Crippen LogP contribution in [0.3, 0.4) is 0 Å². The quantitative estimate of drug-likeness (QED) is 0.182. The summed E-state index contributed by atoms with van der Waals surface area (Å²) in [5.41, 5.74) is 1.39. The number of anilines is 2. The number of aryl methyl sites for hydroxylation is 1. The molecule has 1 atom stereocenters. The molecule has 10 heteroatoms.